The molecule has 0 heterocycles. The Morgan fingerprint density at radius 2 is 2.17 bits per heavy atom. The lowest BCUT2D eigenvalue weighted by atomic mass is 10.0. The van der Waals surface area contributed by atoms with E-state index in [1.165, 1.54) is 3.57 Å². The van der Waals surface area contributed by atoms with Gasteiger partial charge in [-0.2, -0.15) is 0 Å². The van der Waals surface area contributed by atoms with Crippen LogP contribution in [0.25, 0.3) is 0 Å². The molecule has 0 aliphatic carbocycles. The highest BCUT2D eigenvalue weighted by atomic mass is 127. The van der Waals surface area contributed by atoms with E-state index in [-0.39, 0.29) is 6.04 Å². The smallest absolute Gasteiger partial charge is 0.0363 e. The van der Waals surface area contributed by atoms with Crippen molar-refractivity contribution in [3.05, 3.63) is 27.3 Å². The molecule has 1 atom stereocenters. The van der Waals surface area contributed by atoms with E-state index < -0.39 is 0 Å². The van der Waals surface area contributed by atoms with Gasteiger partial charge < -0.3 is 11.5 Å². The third-order valence-electron chi connectivity index (χ3n) is 1.89. The van der Waals surface area contributed by atoms with Gasteiger partial charge in [-0.05, 0) is 52.8 Å². The van der Waals surface area contributed by atoms with Gasteiger partial charge in [0.25, 0.3) is 0 Å². The summed E-state index contributed by atoms with van der Waals surface area (Å²) in [6.45, 7) is 2.06. The van der Waals surface area contributed by atoms with Gasteiger partial charge in [0.05, 0.1) is 0 Å². The van der Waals surface area contributed by atoms with Gasteiger partial charge in [-0.25, -0.2) is 0 Å². The first kappa shape index (κ1) is 9.80. The van der Waals surface area contributed by atoms with Crippen LogP contribution in [0.3, 0.4) is 0 Å². The maximum atomic E-state index is 5.88. The van der Waals surface area contributed by atoms with Crippen LogP contribution in [0.4, 0.5) is 5.69 Å². The van der Waals surface area contributed by atoms with Crippen LogP contribution in [-0.2, 0) is 0 Å². The number of nitrogens with two attached hydrogens (primary N) is 2. The van der Waals surface area contributed by atoms with Gasteiger partial charge in [0, 0.05) is 15.3 Å². The van der Waals surface area contributed by atoms with E-state index in [0.717, 1.165) is 17.7 Å². The summed E-state index contributed by atoms with van der Waals surface area (Å²) in [7, 11) is 0. The van der Waals surface area contributed by atoms with Gasteiger partial charge in [0.2, 0.25) is 0 Å². The highest BCUT2D eigenvalue weighted by molar-refractivity contribution is 14.1. The molecule has 0 aliphatic rings. The Balaban J connectivity index is 3.04. The standard InChI is InChI=1S/C9H13IN2/c1-2-8(11)7-5-6(10)3-4-9(7)12/h3-5,8H,2,11-12H2,1H3/t8-/m1/s1. The monoisotopic (exact) mass is 276 g/mol. The van der Waals surface area contributed by atoms with E-state index in [2.05, 4.69) is 29.5 Å². The SMILES string of the molecule is CC[C@@H](N)c1cc(I)ccc1N. The zero-order valence-electron chi connectivity index (χ0n) is 7.05. The average molecular weight is 276 g/mol. The summed E-state index contributed by atoms with van der Waals surface area (Å²) in [5.74, 6) is 0. The van der Waals surface area contributed by atoms with Gasteiger partial charge in [0.15, 0.2) is 0 Å². The largest absolute Gasteiger partial charge is 0.398 e. The summed E-state index contributed by atoms with van der Waals surface area (Å²) in [5, 5.41) is 0. The summed E-state index contributed by atoms with van der Waals surface area (Å²) in [6, 6.07) is 6.01. The van der Waals surface area contributed by atoms with Crippen molar-refractivity contribution in [2.24, 2.45) is 5.73 Å². The van der Waals surface area contributed by atoms with Crippen LogP contribution >= 0.6 is 22.6 Å². The van der Waals surface area contributed by atoms with Crippen molar-refractivity contribution in [2.45, 2.75) is 19.4 Å². The van der Waals surface area contributed by atoms with Gasteiger partial charge in [-0.15, -0.1) is 0 Å². The second-order valence-electron chi connectivity index (χ2n) is 2.79. The van der Waals surface area contributed by atoms with E-state index >= 15 is 0 Å². The molecule has 0 saturated carbocycles. The van der Waals surface area contributed by atoms with Crippen LogP contribution < -0.4 is 11.5 Å². The van der Waals surface area contributed by atoms with Crippen LogP contribution in [-0.4, -0.2) is 0 Å². The molecule has 0 amide bonds. The highest BCUT2D eigenvalue weighted by Crippen LogP contribution is 2.22. The minimum Gasteiger partial charge on any atom is -0.398 e. The maximum Gasteiger partial charge on any atom is 0.0363 e. The first-order valence-electron chi connectivity index (χ1n) is 3.95. The fraction of sp³-hybridized carbons (Fsp3) is 0.333. The van der Waals surface area contributed by atoms with Crippen molar-refractivity contribution >= 4 is 28.3 Å². The molecular formula is C9H13IN2. The minimum atomic E-state index is 0.0692. The topological polar surface area (TPSA) is 52.0 Å². The lowest BCUT2D eigenvalue weighted by molar-refractivity contribution is 0.700. The first-order chi connectivity index (χ1) is 5.65. The molecule has 0 bridgehead atoms. The van der Waals surface area contributed by atoms with E-state index in [1.54, 1.807) is 0 Å². The lowest BCUT2D eigenvalue weighted by Gasteiger charge is -2.12. The number of nitrogen functional groups attached to an aromatic ring is 1. The van der Waals surface area contributed by atoms with Crippen molar-refractivity contribution in [1.29, 1.82) is 0 Å². The van der Waals surface area contributed by atoms with Gasteiger partial charge in [-0.3, -0.25) is 0 Å². The number of benzene rings is 1. The summed E-state index contributed by atoms with van der Waals surface area (Å²) >= 11 is 2.26. The minimum absolute atomic E-state index is 0.0692. The van der Waals surface area contributed by atoms with Crippen molar-refractivity contribution in [3.63, 3.8) is 0 Å². The van der Waals surface area contributed by atoms with Gasteiger partial charge in [0.1, 0.15) is 0 Å². The summed E-state index contributed by atoms with van der Waals surface area (Å²) in [6.07, 6.45) is 0.921. The molecule has 0 radical (unpaired) electrons. The third-order valence-corrected chi connectivity index (χ3v) is 2.56. The quantitative estimate of drug-likeness (QED) is 0.643. The van der Waals surface area contributed by atoms with Crippen LogP contribution in [0.1, 0.15) is 24.9 Å². The summed E-state index contributed by atoms with van der Waals surface area (Å²) in [4.78, 5) is 0. The predicted octanol–water partition coefficient (Wildman–Crippen LogP) is 2.28. The fourth-order valence-electron chi connectivity index (χ4n) is 1.09. The Labute approximate surface area is 86.5 Å². The summed E-state index contributed by atoms with van der Waals surface area (Å²) < 4.78 is 1.18. The zero-order chi connectivity index (χ0) is 9.14. The molecular weight excluding hydrogens is 263 g/mol. The van der Waals surface area contributed by atoms with Crippen molar-refractivity contribution in [2.75, 3.05) is 5.73 Å². The van der Waals surface area contributed by atoms with E-state index in [4.69, 9.17) is 11.5 Å². The first-order valence-corrected chi connectivity index (χ1v) is 5.03. The molecule has 0 fully saturated rings. The molecule has 12 heavy (non-hydrogen) atoms. The number of anilines is 1. The lowest BCUT2D eigenvalue weighted by Crippen LogP contribution is -2.11. The second-order valence-corrected chi connectivity index (χ2v) is 4.03. The molecule has 66 valence electrons. The Hall–Kier alpha value is -0.290. The molecule has 0 unspecified atom stereocenters. The molecule has 0 aliphatic heterocycles. The average Bonchev–Trinajstić information content (AvgIpc) is 2.08. The predicted molar refractivity (Wildman–Crippen MR) is 60.8 cm³/mol. The third kappa shape index (κ3) is 2.10. The molecule has 0 aromatic heterocycles. The Morgan fingerprint density at radius 3 is 2.75 bits per heavy atom. The number of hydrogen-bond donors (Lipinski definition) is 2. The Kier molecular flexibility index (Phi) is 3.34. The van der Waals surface area contributed by atoms with Gasteiger partial charge in [-0.1, -0.05) is 6.92 Å². The molecule has 0 saturated heterocycles. The van der Waals surface area contributed by atoms with Crippen molar-refractivity contribution < 1.29 is 0 Å². The number of halogens is 1. The Morgan fingerprint density at radius 1 is 1.50 bits per heavy atom. The van der Waals surface area contributed by atoms with Crippen LogP contribution in [0.2, 0.25) is 0 Å². The molecule has 1 aromatic rings. The van der Waals surface area contributed by atoms with E-state index in [1.807, 2.05) is 18.2 Å². The Bertz CT molecular complexity index is 273. The second kappa shape index (κ2) is 4.09. The zero-order valence-corrected chi connectivity index (χ0v) is 9.21. The highest BCUT2D eigenvalue weighted by Gasteiger charge is 2.06. The van der Waals surface area contributed by atoms with E-state index in [9.17, 15) is 0 Å². The molecule has 4 N–H and O–H groups in total. The molecule has 0 spiro atoms. The van der Waals surface area contributed by atoms with Gasteiger partial charge >= 0.3 is 0 Å². The van der Waals surface area contributed by atoms with Crippen LogP contribution in [0, 0.1) is 3.57 Å². The number of hydrogen-bond acceptors (Lipinski definition) is 2. The molecule has 1 aromatic carbocycles. The fourth-order valence-corrected chi connectivity index (χ4v) is 1.60. The summed E-state index contributed by atoms with van der Waals surface area (Å²) in [5.41, 5.74) is 13.5. The molecule has 1 rings (SSSR count). The van der Waals surface area contributed by atoms with Crippen molar-refractivity contribution in [3.8, 4) is 0 Å². The molecule has 2 nitrogen and oxygen atoms in total. The maximum absolute atomic E-state index is 5.88. The number of rotatable bonds is 2. The molecule has 3 heteroatoms. The van der Waals surface area contributed by atoms with Crippen molar-refractivity contribution in [1.82, 2.24) is 0 Å². The van der Waals surface area contributed by atoms with Crippen LogP contribution in [0.5, 0.6) is 0 Å². The van der Waals surface area contributed by atoms with E-state index in [0.29, 0.717) is 0 Å². The normalized spacial score (nSPS) is 12.9. The van der Waals surface area contributed by atoms with Crippen LogP contribution in [0.15, 0.2) is 18.2 Å².